The second-order valence-electron chi connectivity index (χ2n) is 3.90. The molecule has 4 nitrogen and oxygen atoms in total. The number of fused-ring (bicyclic) bond motifs is 1. The zero-order chi connectivity index (χ0) is 10.3. The molecule has 1 fully saturated rings. The maximum atomic E-state index is 9.76. The molecule has 80 valence electrons. The van der Waals surface area contributed by atoms with Crippen LogP contribution in [0.25, 0.3) is 0 Å². The Hall–Kier alpha value is -1.26. The summed E-state index contributed by atoms with van der Waals surface area (Å²) in [6.07, 6.45) is 0.504. The van der Waals surface area contributed by atoms with Crippen LogP contribution in [0.3, 0.4) is 0 Å². The average Bonchev–Trinajstić information content (AvgIpc) is 2.84. The van der Waals surface area contributed by atoms with Gasteiger partial charge < -0.3 is 19.9 Å². The fraction of sp³-hybridized carbons (Fsp3) is 0.455. The Balaban J connectivity index is 1.92. The fourth-order valence-corrected chi connectivity index (χ4v) is 2.14. The molecule has 0 spiro atoms. The first-order chi connectivity index (χ1) is 7.34. The molecule has 2 heterocycles. The number of aliphatic hydroxyl groups excluding tert-OH is 1. The highest BCUT2D eigenvalue weighted by atomic mass is 16.7. The van der Waals surface area contributed by atoms with E-state index in [1.165, 1.54) is 0 Å². The van der Waals surface area contributed by atoms with Gasteiger partial charge in [-0.15, -0.1) is 0 Å². The lowest BCUT2D eigenvalue weighted by Crippen LogP contribution is -2.20. The molecule has 4 heteroatoms. The van der Waals surface area contributed by atoms with Gasteiger partial charge in [-0.25, -0.2) is 0 Å². The van der Waals surface area contributed by atoms with Gasteiger partial charge in [0.15, 0.2) is 11.5 Å². The van der Waals surface area contributed by atoms with E-state index in [4.69, 9.17) is 9.47 Å². The predicted molar refractivity (Wildman–Crippen MR) is 53.9 cm³/mol. The zero-order valence-electron chi connectivity index (χ0n) is 8.27. The molecule has 2 N–H and O–H groups in total. The van der Waals surface area contributed by atoms with Crippen molar-refractivity contribution in [1.29, 1.82) is 0 Å². The molecule has 0 aliphatic carbocycles. The Labute approximate surface area is 87.8 Å². The van der Waals surface area contributed by atoms with Crippen molar-refractivity contribution >= 4 is 0 Å². The van der Waals surface area contributed by atoms with E-state index in [9.17, 15) is 5.11 Å². The first kappa shape index (κ1) is 9.00. The van der Waals surface area contributed by atoms with E-state index in [1.54, 1.807) is 0 Å². The Morgan fingerprint density at radius 2 is 2.13 bits per heavy atom. The smallest absolute Gasteiger partial charge is 0.231 e. The minimum Gasteiger partial charge on any atom is -0.454 e. The van der Waals surface area contributed by atoms with Crippen molar-refractivity contribution in [1.82, 2.24) is 5.32 Å². The van der Waals surface area contributed by atoms with Gasteiger partial charge >= 0.3 is 0 Å². The van der Waals surface area contributed by atoms with Crippen molar-refractivity contribution in [2.24, 2.45) is 0 Å². The lowest BCUT2D eigenvalue weighted by molar-refractivity contribution is 0.160. The molecule has 0 aromatic heterocycles. The summed E-state index contributed by atoms with van der Waals surface area (Å²) in [6.45, 7) is 1.15. The second kappa shape index (κ2) is 3.40. The van der Waals surface area contributed by atoms with Crippen molar-refractivity contribution in [2.75, 3.05) is 13.3 Å². The molecule has 1 saturated heterocycles. The van der Waals surface area contributed by atoms with E-state index in [2.05, 4.69) is 5.32 Å². The highest BCUT2D eigenvalue weighted by Gasteiger charge is 2.27. The van der Waals surface area contributed by atoms with Gasteiger partial charge in [-0.2, -0.15) is 0 Å². The van der Waals surface area contributed by atoms with Gasteiger partial charge in [-0.05, 0) is 30.7 Å². The summed E-state index contributed by atoms with van der Waals surface area (Å²) < 4.78 is 10.5. The van der Waals surface area contributed by atoms with Crippen molar-refractivity contribution < 1.29 is 14.6 Å². The monoisotopic (exact) mass is 207 g/mol. The highest BCUT2D eigenvalue weighted by Crippen LogP contribution is 2.35. The predicted octanol–water partition coefficient (Wildman–Crippen LogP) is 0.811. The molecule has 0 amide bonds. The number of hydrogen-bond donors (Lipinski definition) is 2. The number of rotatable bonds is 1. The van der Waals surface area contributed by atoms with E-state index >= 15 is 0 Å². The van der Waals surface area contributed by atoms with Crippen molar-refractivity contribution in [3.63, 3.8) is 0 Å². The molecule has 0 bridgehead atoms. The molecule has 3 rings (SSSR count). The van der Waals surface area contributed by atoms with Gasteiger partial charge in [0, 0.05) is 0 Å². The first-order valence-corrected chi connectivity index (χ1v) is 5.15. The number of aliphatic hydroxyl groups is 1. The lowest BCUT2D eigenvalue weighted by atomic mass is 10.0. The average molecular weight is 207 g/mol. The Kier molecular flexibility index (Phi) is 2.04. The van der Waals surface area contributed by atoms with Crippen molar-refractivity contribution in [3.8, 4) is 11.5 Å². The van der Waals surface area contributed by atoms with Gasteiger partial charge in [0.1, 0.15) is 0 Å². The first-order valence-electron chi connectivity index (χ1n) is 5.15. The summed E-state index contributed by atoms with van der Waals surface area (Å²) in [6, 6.07) is 5.83. The fourth-order valence-electron chi connectivity index (χ4n) is 2.14. The van der Waals surface area contributed by atoms with Gasteiger partial charge in [-0.1, -0.05) is 6.07 Å². The van der Waals surface area contributed by atoms with E-state index in [0.29, 0.717) is 6.79 Å². The molecule has 2 atom stereocenters. The van der Waals surface area contributed by atoms with Crippen molar-refractivity contribution in [2.45, 2.75) is 18.6 Å². The third-order valence-corrected chi connectivity index (χ3v) is 2.94. The molecule has 1 aromatic carbocycles. The normalized spacial score (nSPS) is 28.3. The van der Waals surface area contributed by atoms with Gasteiger partial charge in [0.05, 0.1) is 12.1 Å². The number of hydrogen-bond acceptors (Lipinski definition) is 4. The van der Waals surface area contributed by atoms with Crippen LogP contribution in [0.5, 0.6) is 11.5 Å². The van der Waals surface area contributed by atoms with Crippen LogP contribution in [0.15, 0.2) is 18.2 Å². The van der Waals surface area contributed by atoms with Crippen LogP contribution in [0.1, 0.15) is 18.0 Å². The van der Waals surface area contributed by atoms with Crippen LogP contribution in [-0.2, 0) is 0 Å². The van der Waals surface area contributed by atoms with Crippen LogP contribution in [0, 0.1) is 0 Å². The van der Waals surface area contributed by atoms with Gasteiger partial charge in [0.25, 0.3) is 0 Å². The van der Waals surface area contributed by atoms with E-state index in [-0.39, 0.29) is 12.1 Å². The quantitative estimate of drug-likeness (QED) is 0.715. The van der Waals surface area contributed by atoms with Crippen molar-refractivity contribution in [3.05, 3.63) is 23.8 Å². The van der Waals surface area contributed by atoms with Crippen LogP contribution in [0.2, 0.25) is 0 Å². The summed E-state index contributed by atoms with van der Waals surface area (Å²) in [5.74, 6) is 1.56. The SMILES string of the molecule is OC1CCNC1c1ccc2c(c1)OCO2. The van der Waals surface area contributed by atoms with E-state index < -0.39 is 0 Å². The van der Waals surface area contributed by atoms with Gasteiger partial charge in [0.2, 0.25) is 6.79 Å². The summed E-state index contributed by atoms with van der Waals surface area (Å²) in [5.41, 5.74) is 1.06. The van der Waals surface area contributed by atoms with E-state index in [0.717, 1.165) is 30.0 Å². The summed E-state index contributed by atoms with van der Waals surface area (Å²) in [5, 5.41) is 13.0. The molecule has 0 radical (unpaired) electrons. The lowest BCUT2D eigenvalue weighted by Gasteiger charge is -2.15. The summed E-state index contributed by atoms with van der Waals surface area (Å²) >= 11 is 0. The Morgan fingerprint density at radius 3 is 2.93 bits per heavy atom. The molecule has 0 saturated carbocycles. The molecule has 2 aliphatic rings. The number of nitrogens with one attached hydrogen (secondary N) is 1. The molecule has 2 aliphatic heterocycles. The molecule has 15 heavy (non-hydrogen) atoms. The Bertz CT molecular complexity index is 380. The van der Waals surface area contributed by atoms with Crippen LogP contribution < -0.4 is 14.8 Å². The van der Waals surface area contributed by atoms with Crippen LogP contribution in [0.4, 0.5) is 0 Å². The molecule has 1 aromatic rings. The maximum Gasteiger partial charge on any atom is 0.231 e. The maximum absolute atomic E-state index is 9.76. The van der Waals surface area contributed by atoms with E-state index in [1.807, 2.05) is 18.2 Å². The Morgan fingerprint density at radius 1 is 1.27 bits per heavy atom. The summed E-state index contributed by atoms with van der Waals surface area (Å²) in [7, 11) is 0. The zero-order valence-corrected chi connectivity index (χ0v) is 8.27. The third-order valence-electron chi connectivity index (χ3n) is 2.94. The highest BCUT2D eigenvalue weighted by molar-refractivity contribution is 5.45. The van der Waals surface area contributed by atoms with Gasteiger partial charge in [-0.3, -0.25) is 0 Å². The minimum atomic E-state index is -0.301. The topological polar surface area (TPSA) is 50.7 Å². The van der Waals surface area contributed by atoms with Crippen LogP contribution in [-0.4, -0.2) is 24.5 Å². The minimum absolute atomic E-state index is 0.0273. The summed E-state index contributed by atoms with van der Waals surface area (Å²) in [4.78, 5) is 0. The molecular weight excluding hydrogens is 194 g/mol. The standard InChI is InChI=1S/C11H13NO3/c13-8-3-4-12-11(8)7-1-2-9-10(5-7)15-6-14-9/h1-2,5,8,11-13H,3-4,6H2. The van der Waals surface area contributed by atoms with Crippen LogP contribution >= 0.6 is 0 Å². The third kappa shape index (κ3) is 1.46. The number of ether oxygens (including phenoxy) is 2. The number of benzene rings is 1. The molecular formula is C11H13NO3. The molecule has 2 unspecified atom stereocenters. The second-order valence-corrected chi connectivity index (χ2v) is 3.90. The largest absolute Gasteiger partial charge is 0.454 e.